The van der Waals surface area contributed by atoms with Gasteiger partial charge in [0.2, 0.25) is 0 Å². The standard InChI is InChI=1S/C16H22FNO3/c1-18(14-5-3-4-6-15(14)19)10-11-7-8-12(13(17)9-11)16(20)21-2/h7-9,14-15,19H,3-6,10H2,1-2H3. The molecule has 0 saturated heterocycles. The summed E-state index contributed by atoms with van der Waals surface area (Å²) in [6.45, 7) is 0.542. The topological polar surface area (TPSA) is 49.8 Å². The van der Waals surface area contributed by atoms with E-state index in [2.05, 4.69) is 9.64 Å². The van der Waals surface area contributed by atoms with Crippen molar-refractivity contribution in [3.63, 3.8) is 0 Å². The fraction of sp³-hybridized carbons (Fsp3) is 0.562. The molecule has 1 N–H and O–H groups in total. The second-order valence-electron chi connectivity index (χ2n) is 5.64. The predicted octanol–water partition coefficient (Wildman–Crippen LogP) is 2.35. The van der Waals surface area contributed by atoms with Gasteiger partial charge in [-0.2, -0.15) is 0 Å². The summed E-state index contributed by atoms with van der Waals surface area (Å²) in [4.78, 5) is 13.4. The van der Waals surface area contributed by atoms with Crippen LogP contribution in [-0.2, 0) is 11.3 Å². The van der Waals surface area contributed by atoms with Crippen LogP contribution in [0.3, 0.4) is 0 Å². The van der Waals surface area contributed by atoms with Gasteiger partial charge in [0.25, 0.3) is 0 Å². The average Bonchev–Trinajstić information content (AvgIpc) is 2.47. The van der Waals surface area contributed by atoms with Gasteiger partial charge >= 0.3 is 5.97 Å². The van der Waals surface area contributed by atoms with Crippen molar-refractivity contribution >= 4 is 5.97 Å². The molecule has 0 aromatic heterocycles. The Morgan fingerprint density at radius 3 is 2.76 bits per heavy atom. The van der Waals surface area contributed by atoms with E-state index in [1.54, 1.807) is 6.07 Å². The molecule has 2 unspecified atom stereocenters. The van der Waals surface area contributed by atoms with Gasteiger partial charge in [-0.15, -0.1) is 0 Å². The fourth-order valence-electron chi connectivity index (χ4n) is 2.94. The Labute approximate surface area is 124 Å². The number of hydrogen-bond donors (Lipinski definition) is 1. The SMILES string of the molecule is COC(=O)c1ccc(CN(C)C2CCCCC2O)cc1F. The van der Waals surface area contributed by atoms with Crippen molar-refractivity contribution < 1.29 is 19.0 Å². The Morgan fingerprint density at radius 2 is 2.14 bits per heavy atom. The van der Waals surface area contributed by atoms with E-state index < -0.39 is 11.8 Å². The zero-order chi connectivity index (χ0) is 15.4. The number of hydrogen-bond acceptors (Lipinski definition) is 4. The van der Waals surface area contributed by atoms with Gasteiger partial charge in [0.05, 0.1) is 18.8 Å². The molecule has 2 atom stereocenters. The highest BCUT2D eigenvalue weighted by molar-refractivity contribution is 5.89. The summed E-state index contributed by atoms with van der Waals surface area (Å²) in [7, 11) is 3.17. The van der Waals surface area contributed by atoms with Crippen LogP contribution in [0, 0.1) is 5.82 Å². The third kappa shape index (κ3) is 3.80. The molecular weight excluding hydrogens is 273 g/mol. The quantitative estimate of drug-likeness (QED) is 0.866. The van der Waals surface area contributed by atoms with E-state index in [-0.39, 0.29) is 17.7 Å². The second kappa shape index (κ2) is 7.00. The van der Waals surface area contributed by atoms with Gasteiger partial charge in [-0.05, 0) is 37.6 Å². The van der Waals surface area contributed by atoms with Crippen LogP contribution in [0.15, 0.2) is 18.2 Å². The third-order valence-corrected chi connectivity index (χ3v) is 4.13. The molecule has 1 saturated carbocycles. The first-order chi connectivity index (χ1) is 10.0. The normalized spacial score (nSPS) is 22.3. The Balaban J connectivity index is 2.05. The Bertz CT molecular complexity index is 506. The molecule has 1 aromatic carbocycles. The molecule has 1 aromatic rings. The summed E-state index contributed by atoms with van der Waals surface area (Å²) < 4.78 is 18.4. The molecule has 0 bridgehead atoms. The lowest BCUT2D eigenvalue weighted by Crippen LogP contribution is -2.42. The van der Waals surface area contributed by atoms with Crippen molar-refractivity contribution in [2.75, 3.05) is 14.2 Å². The molecule has 1 fully saturated rings. The van der Waals surface area contributed by atoms with E-state index in [1.165, 1.54) is 19.2 Å². The van der Waals surface area contributed by atoms with Gasteiger partial charge in [-0.3, -0.25) is 4.90 Å². The first-order valence-electron chi connectivity index (χ1n) is 7.28. The van der Waals surface area contributed by atoms with E-state index >= 15 is 0 Å². The number of carbonyl (C=O) groups is 1. The highest BCUT2D eigenvalue weighted by Crippen LogP contribution is 2.24. The number of aliphatic hydroxyl groups is 1. The molecule has 2 rings (SSSR count). The summed E-state index contributed by atoms with van der Waals surface area (Å²) >= 11 is 0. The molecule has 0 radical (unpaired) electrons. The lowest BCUT2D eigenvalue weighted by molar-refractivity contribution is 0.0288. The number of methoxy groups -OCH3 is 1. The molecular formula is C16H22FNO3. The Kier molecular flexibility index (Phi) is 5.31. The minimum absolute atomic E-state index is 0.0541. The van der Waals surface area contributed by atoms with Crippen molar-refractivity contribution in [2.45, 2.75) is 44.4 Å². The first kappa shape index (κ1) is 15.9. The van der Waals surface area contributed by atoms with E-state index in [9.17, 15) is 14.3 Å². The Hall–Kier alpha value is -1.46. The number of halogens is 1. The first-order valence-corrected chi connectivity index (χ1v) is 7.28. The number of rotatable bonds is 4. The fourth-order valence-corrected chi connectivity index (χ4v) is 2.94. The molecule has 116 valence electrons. The van der Waals surface area contributed by atoms with Crippen LogP contribution in [0.2, 0.25) is 0 Å². The highest BCUT2D eigenvalue weighted by Gasteiger charge is 2.26. The zero-order valence-corrected chi connectivity index (χ0v) is 12.5. The number of carbonyl (C=O) groups excluding carboxylic acids is 1. The number of benzene rings is 1. The zero-order valence-electron chi connectivity index (χ0n) is 12.5. The highest BCUT2D eigenvalue weighted by atomic mass is 19.1. The van der Waals surface area contributed by atoms with Gasteiger partial charge < -0.3 is 9.84 Å². The minimum atomic E-state index is -0.671. The summed E-state index contributed by atoms with van der Waals surface area (Å²) in [6, 6.07) is 4.64. The molecule has 5 heteroatoms. The number of nitrogens with zero attached hydrogens (tertiary/aromatic N) is 1. The van der Waals surface area contributed by atoms with Crippen molar-refractivity contribution in [3.8, 4) is 0 Å². The van der Waals surface area contributed by atoms with Crippen LogP contribution in [0.5, 0.6) is 0 Å². The van der Waals surface area contributed by atoms with Gasteiger partial charge in [0.15, 0.2) is 0 Å². The summed E-state index contributed by atoms with van der Waals surface area (Å²) in [5.41, 5.74) is 0.724. The maximum Gasteiger partial charge on any atom is 0.340 e. The summed E-state index contributed by atoms with van der Waals surface area (Å²) in [5.74, 6) is -1.24. The van der Waals surface area contributed by atoms with Gasteiger partial charge in [0, 0.05) is 12.6 Å². The van der Waals surface area contributed by atoms with Crippen LogP contribution in [-0.4, -0.2) is 42.3 Å². The molecule has 4 nitrogen and oxygen atoms in total. The molecule has 1 aliphatic rings. The number of esters is 1. The molecule has 1 aliphatic carbocycles. The van der Waals surface area contributed by atoms with Crippen LogP contribution in [0.1, 0.15) is 41.6 Å². The molecule has 21 heavy (non-hydrogen) atoms. The van der Waals surface area contributed by atoms with Gasteiger partial charge in [-0.25, -0.2) is 9.18 Å². The van der Waals surface area contributed by atoms with Crippen LogP contribution in [0.4, 0.5) is 4.39 Å². The lowest BCUT2D eigenvalue weighted by atomic mass is 9.91. The molecule has 0 heterocycles. The summed E-state index contributed by atoms with van der Waals surface area (Å²) in [5, 5.41) is 10.0. The van der Waals surface area contributed by atoms with E-state index in [0.29, 0.717) is 6.54 Å². The monoisotopic (exact) mass is 295 g/mol. The van der Waals surface area contributed by atoms with E-state index in [1.807, 2.05) is 7.05 Å². The minimum Gasteiger partial charge on any atom is -0.465 e. The maximum atomic E-state index is 13.9. The largest absolute Gasteiger partial charge is 0.465 e. The number of aliphatic hydroxyl groups excluding tert-OH is 1. The molecule has 0 spiro atoms. The number of likely N-dealkylation sites (N-methyl/N-ethyl adjacent to an activating group) is 1. The van der Waals surface area contributed by atoms with Gasteiger partial charge in [-0.1, -0.05) is 18.9 Å². The van der Waals surface area contributed by atoms with Gasteiger partial charge in [0.1, 0.15) is 5.82 Å². The average molecular weight is 295 g/mol. The Morgan fingerprint density at radius 1 is 1.43 bits per heavy atom. The van der Waals surface area contributed by atoms with E-state index in [4.69, 9.17) is 0 Å². The van der Waals surface area contributed by atoms with Crippen molar-refractivity contribution in [1.82, 2.24) is 4.90 Å². The predicted molar refractivity (Wildman–Crippen MR) is 77.5 cm³/mol. The maximum absolute atomic E-state index is 13.9. The number of ether oxygens (including phenoxy) is 1. The molecule has 0 amide bonds. The molecule has 0 aliphatic heterocycles. The second-order valence-corrected chi connectivity index (χ2v) is 5.64. The van der Waals surface area contributed by atoms with Crippen molar-refractivity contribution in [2.24, 2.45) is 0 Å². The summed E-state index contributed by atoms with van der Waals surface area (Å²) in [6.07, 6.45) is 3.64. The van der Waals surface area contributed by atoms with Crippen LogP contribution < -0.4 is 0 Å². The van der Waals surface area contributed by atoms with Crippen molar-refractivity contribution in [1.29, 1.82) is 0 Å². The lowest BCUT2D eigenvalue weighted by Gasteiger charge is -2.35. The third-order valence-electron chi connectivity index (χ3n) is 4.13. The van der Waals surface area contributed by atoms with Crippen LogP contribution in [0.25, 0.3) is 0 Å². The van der Waals surface area contributed by atoms with Crippen molar-refractivity contribution in [3.05, 3.63) is 35.1 Å². The van der Waals surface area contributed by atoms with Crippen LogP contribution >= 0.6 is 0 Å². The van der Waals surface area contributed by atoms with E-state index in [0.717, 1.165) is 31.2 Å². The smallest absolute Gasteiger partial charge is 0.340 e.